The molecule has 0 spiro atoms. The molecule has 1 amide bonds. The van der Waals surface area contributed by atoms with Crippen LogP contribution in [0.1, 0.15) is 38.8 Å². The molecule has 1 saturated heterocycles. The molecule has 0 saturated carbocycles. The zero-order chi connectivity index (χ0) is 16.9. The molecule has 23 heavy (non-hydrogen) atoms. The van der Waals surface area contributed by atoms with Gasteiger partial charge in [0.05, 0.1) is 6.54 Å². The zero-order valence-corrected chi connectivity index (χ0v) is 14.3. The van der Waals surface area contributed by atoms with Crippen LogP contribution in [0.4, 0.5) is 4.79 Å². The molecule has 0 aliphatic carbocycles. The van der Waals surface area contributed by atoms with Gasteiger partial charge in [-0.05, 0) is 33.7 Å². The minimum absolute atomic E-state index is 0.235. The Labute approximate surface area is 137 Å². The number of aromatic nitrogens is 3. The Morgan fingerprint density at radius 2 is 2.00 bits per heavy atom. The molecule has 1 fully saturated rings. The lowest BCUT2D eigenvalue weighted by molar-refractivity contribution is 0.0137. The maximum absolute atomic E-state index is 12.0. The van der Waals surface area contributed by atoms with Crippen LogP contribution in [0, 0.1) is 0 Å². The number of hydrogen-bond acceptors (Lipinski definition) is 6. The summed E-state index contributed by atoms with van der Waals surface area (Å²) >= 11 is 0. The van der Waals surface area contributed by atoms with Gasteiger partial charge in [0.2, 0.25) is 0 Å². The highest BCUT2D eigenvalue weighted by molar-refractivity contribution is 5.68. The Morgan fingerprint density at radius 1 is 1.30 bits per heavy atom. The van der Waals surface area contributed by atoms with Gasteiger partial charge >= 0.3 is 6.09 Å². The Morgan fingerprint density at radius 3 is 2.61 bits per heavy atom. The van der Waals surface area contributed by atoms with E-state index < -0.39 is 5.60 Å². The highest BCUT2D eigenvalue weighted by Crippen LogP contribution is 2.12. The Bertz CT molecular complexity index is 502. The molecule has 8 nitrogen and oxygen atoms in total. The molecule has 1 aromatic heterocycles. The highest BCUT2D eigenvalue weighted by Gasteiger charge is 2.26. The van der Waals surface area contributed by atoms with Crippen molar-refractivity contribution >= 4 is 6.09 Å². The highest BCUT2D eigenvalue weighted by atomic mass is 16.6. The molecule has 1 aromatic rings. The molecule has 0 radical (unpaired) electrons. The number of amides is 1. The largest absolute Gasteiger partial charge is 0.444 e. The van der Waals surface area contributed by atoms with E-state index in [1.54, 1.807) is 4.90 Å². The molecule has 1 aliphatic heterocycles. The first-order chi connectivity index (χ1) is 10.9. The van der Waals surface area contributed by atoms with Crippen molar-refractivity contribution in [3.63, 3.8) is 0 Å². The predicted octanol–water partition coefficient (Wildman–Crippen LogP) is 0.749. The number of rotatable bonds is 5. The summed E-state index contributed by atoms with van der Waals surface area (Å²) < 4.78 is 5.40. The second-order valence-electron chi connectivity index (χ2n) is 6.83. The van der Waals surface area contributed by atoms with Crippen LogP contribution in [-0.2, 0) is 17.7 Å². The first-order valence-electron chi connectivity index (χ1n) is 8.18. The molecule has 2 rings (SSSR count). The van der Waals surface area contributed by atoms with Crippen LogP contribution in [0.25, 0.3) is 0 Å². The normalized spacial score (nSPS) is 16.6. The van der Waals surface area contributed by atoms with E-state index in [0.29, 0.717) is 19.6 Å². The molecule has 0 unspecified atom stereocenters. The molecule has 130 valence electrons. The van der Waals surface area contributed by atoms with Crippen LogP contribution < -0.4 is 5.73 Å². The summed E-state index contributed by atoms with van der Waals surface area (Å²) in [6.45, 7) is 9.96. The van der Waals surface area contributed by atoms with E-state index in [1.807, 2.05) is 20.8 Å². The summed E-state index contributed by atoms with van der Waals surface area (Å²) in [7, 11) is 0. The fourth-order valence-electron chi connectivity index (χ4n) is 2.40. The van der Waals surface area contributed by atoms with E-state index in [1.165, 1.54) is 0 Å². The third-order valence-electron chi connectivity index (χ3n) is 3.58. The number of H-pyrrole nitrogens is 1. The number of aromatic amines is 1. The van der Waals surface area contributed by atoms with Gasteiger partial charge in [0.15, 0.2) is 5.82 Å². The molecule has 8 heteroatoms. The number of nitrogens with two attached hydrogens (primary N) is 1. The van der Waals surface area contributed by atoms with Crippen molar-refractivity contribution in [1.82, 2.24) is 25.0 Å². The van der Waals surface area contributed by atoms with E-state index >= 15 is 0 Å². The third kappa shape index (κ3) is 5.80. The maximum atomic E-state index is 12.0. The van der Waals surface area contributed by atoms with Gasteiger partial charge in [0, 0.05) is 32.6 Å². The molecule has 0 atom stereocenters. The van der Waals surface area contributed by atoms with Crippen LogP contribution in [0.5, 0.6) is 0 Å². The Kier molecular flexibility index (Phi) is 5.95. The average molecular weight is 324 g/mol. The second-order valence-corrected chi connectivity index (χ2v) is 6.83. The summed E-state index contributed by atoms with van der Waals surface area (Å²) in [5.74, 6) is 1.68. The lowest BCUT2D eigenvalue weighted by Crippen LogP contribution is -2.49. The van der Waals surface area contributed by atoms with Gasteiger partial charge in [0.1, 0.15) is 11.4 Å². The van der Waals surface area contributed by atoms with Crippen LogP contribution in [0.2, 0.25) is 0 Å². The van der Waals surface area contributed by atoms with Gasteiger partial charge in [-0.3, -0.25) is 10.00 Å². The second kappa shape index (κ2) is 7.74. The first-order valence-corrected chi connectivity index (χ1v) is 8.18. The number of aryl methyl sites for hydroxylation is 1. The quantitative estimate of drug-likeness (QED) is 0.829. The number of nitrogens with one attached hydrogen (secondary N) is 1. The summed E-state index contributed by atoms with van der Waals surface area (Å²) in [5.41, 5.74) is 5.04. The summed E-state index contributed by atoms with van der Waals surface area (Å²) in [5, 5.41) is 7.18. The van der Waals surface area contributed by atoms with E-state index in [-0.39, 0.29) is 6.09 Å². The minimum atomic E-state index is -0.450. The van der Waals surface area contributed by atoms with Crippen molar-refractivity contribution < 1.29 is 9.53 Å². The van der Waals surface area contributed by atoms with Crippen molar-refractivity contribution in [2.75, 3.05) is 32.7 Å². The fourth-order valence-corrected chi connectivity index (χ4v) is 2.40. The topological polar surface area (TPSA) is 100 Å². The summed E-state index contributed by atoms with van der Waals surface area (Å²) in [4.78, 5) is 20.5. The van der Waals surface area contributed by atoms with Gasteiger partial charge in [-0.25, -0.2) is 9.78 Å². The standard InChI is InChI=1S/C15H28N6O2/c1-15(2,3)23-14(22)21-9-7-20(8-10-21)11-13-17-12(18-19-13)5-4-6-16/h4-11,16H2,1-3H3,(H,17,18,19). The fraction of sp³-hybridized carbons (Fsp3) is 0.800. The van der Waals surface area contributed by atoms with Gasteiger partial charge < -0.3 is 15.4 Å². The lowest BCUT2D eigenvalue weighted by Gasteiger charge is -2.35. The van der Waals surface area contributed by atoms with Crippen molar-refractivity contribution in [3.05, 3.63) is 11.6 Å². The molecule has 0 aromatic carbocycles. The van der Waals surface area contributed by atoms with Crippen molar-refractivity contribution in [1.29, 1.82) is 0 Å². The predicted molar refractivity (Wildman–Crippen MR) is 86.8 cm³/mol. The molecule has 1 aliphatic rings. The molecule has 2 heterocycles. The van der Waals surface area contributed by atoms with Crippen LogP contribution >= 0.6 is 0 Å². The lowest BCUT2D eigenvalue weighted by atomic mass is 10.2. The smallest absolute Gasteiger partial charge is 0.410 e. The zero-order valence-electron chi connectivity index (χ0n) is 14.3. The van der Waals surface area contributed by atoms with Gasteiger partial charge in [-0.2, -0.15) is 5.10 Å². The Hall–Kier alpha value is -1.67. The molecule has 0 bridgehead atoms. The first kappa shape index (κ1) is 17.7. The summed E-state index contributed by atoms with van der Waals surface area (Å²) in [6, 6.07) is 0. The van der Waals surface area contributed by atoms with Gasteiger partial charge in [-0.15, -0.1) is 0 Å². The van der Waals surface area contributed by atoms with E-state index in [9.17, 15) is 4.79 Å². The van der Waals surface area contributed by atoms with Crippen molar-refractivity contribution in [2.24, 2.45) is 5.73 Å². The van der Waals surface area contributed by atoms with Crippen molar-refractivity contribution in [2.45, 2.75) is 45.8 Å². The SMILES string of the molecule is CC(C)(C)OC(=O)N1CCN(Cc2nc(CCCN)n[nH]2)CC1. The van der Waals surface area contributed by atoms with Crippen molar-refractivity contribution in [3.8, 4) is 0 Å². The third-order valence-corrected chi connectivity index (χ3v) is 3.58. The number of carbonyl (C=O) groups is 1. The van der Waals surface area contributed by atoms with E-state index in [2.05, 4.69) is 20.1 Å². The number of ether oxygens (including phenoxy) is 1. The number of hydrogen-bond donors (Lipinski definition) is 2. The van der Waals surface area contributed by atoms with Gasteiger partial charge in [0.25, 0.3) is 0 Å². The molecular weight excluding hydrogens is 296 g/mol. The monoisotopic (exact) mass is 324 g/mol. The maximum Gasteiger partial charge on any atom is 0.410 e. The van der Waals surface area contributed by atoms with Gasteiger partial charge in [-0.1, -0.05) is 0 Å². The Balaban J connectivity index is 1.76. The van der Waals surface area contributed by atoms with E-state index in [4.69, 9.17) is 10.5 Å². The van der Waals surface area contributed by atoms with Crippen LogP contribution in [0.15, 0.2) is 0 Å². The minimum Gasteiger partial charge on any atom is -0.444 e. The average Bonchev–Trinajstić information content (AvgIpc) is 2.91. The number of carbonyl (C=O) groups excluding carboxylic acids is 1. The summed E-state index contributed by atoms with van der Waals surface area (Å²) in [6.07, 6.45) is 1.46. The van der Waals surface area contributed by atoms with Crippen LogP contribution in [-0.4, -0.2) is 69.4 Å². The van der Waals surface area contributed by atoms with E-state index in [0.717, 1.165) is 44.1 Å². The number of nitrogens with zero attached hydrogens (tertiary/aromatic N) is 4. The number of piperazine rings is 1. The molecule has 3 N–H and O–H groups in total. The van der Waals surface area contributed by atoms with Crippen LogP contribution in [0.3, 0.4) is 0 Å². The molecular formula is C15H28N6O2.